The van der Waals surface area contributed by atoms with Gasteiger partial charge in [0.2, 0.25) is 0 Å². The lowest BCUT2D eigenvalue weighted by molar-refractivity contribution is -0.120. The maximum Gasteiger partial charge on any atom is 0.411 e. The van der Waals surface area contributed by atoms with Gasteiger partial charge in [-0.1, -0.05) is 60.7 Å². The van der Waals surface area contributed by atoms with E-state index in [1.54, 1.807) is 4.90 Å². The maximum atomic E-state index is 12.5. The summed E-state index contributed by atoms with van der Waals surface area (Å²) in [4.78, 5) is 38.5. The molecule has 39 heavy (non-hydrogen) atoms. The Morgan fingerprint density at radius 3 is 1.79 bits per heavy atom. The molecule has 0 bridgehead atoms. The number of hydrogen-bond donors (Lipinski definition) is 1. The molecule has 0 aromatic heterocycles. The summed E-state index contributed by atoms with van der Waals surface area (Å²) in [6.45, 7) is 14.4. The van der Waals surface area contributed by atoms with Gasteiger partial charge in [0.1, 0.15) is 5.60 Å². The van der Waals surface area contributed by atoms with Crippen LogP contribution in [0.3, 0.4) is 0 Å². The van der Waals surface area contributed by atoms with Gasteiger partial charge >= 0.3 is 6.09 Å². The highest BCUT2D eigenvalue weighted by atomic mass is 16.6. The van der Waals surface area contributed by atoms with E-state index in [1.165, 1.54) is 0 Å². The van der Waals surface area contributed by atoms with Crippen LogP contribution in [-0.2, 0) is 14.3 Å². The summed E-state index contributed by atoms with van der Waals surface area (Å²) in [5.74, 6) is 0.339. The Hall–Kier alpha value is -3.51. The van der Waals surface area contributed by atoms with E-state index < -0.39 is 11.1 Å². The van der Waals surface area contributed by atoms with Crippen molar-refractivity contribution in [1.29, 1.82) is 0 Å². The minimum Gasteiger partial charge on any atom is -0.444 e. The van der Waals surface area contributed by atoms with Crippen molar-refractivity contribution < 1.29 is 19.1 Å². The van der Waals surface area contributed by atoms with Crippen LogP contribution in [0.25, 0.3) is 12.2 Å². The molecular weight excluding hydrogens is 488 g/mol. The summed E-state index contributed by atoms with van der Waals surface area (Å²) >= 11 is 0. The number of Topliss-reactive ketones (excluding diaryl/α,β-unsaturated/α-hetero) is 2. The fourth-order valence-corrected chi connectivity index (χ4v) is 4.47. The number of nitrogens with one attached hydrogen (secondary N) is 1. The summed E-state index contributed by atoms with van der Waals surface area (Å²) < 4.78 is 5.50. The van der Waals surface area contributed by atoms with Crippen molar-refractivity contribution >= 4 is 29.8 Å². The van der Waals surface area contributed by atoms with Gasteiger partial charge in [-0.2, -0.15) is 0 Å². The first-order valence-corrected chi connectivity index (χ1v) is 13.5. The molecule has 2 heterocycles. The summed E-state index contributed by atoms with van der Waals surface area (Å²) in [5, 5.41) is 3.37. The Morgan fingerprint density at radius 2 is 1.31 bits per heavy atom. The predicted octanol–water partition coefficient (Wildman–Crippen LogP) is 6.47. The molecule has 2 saturated heterocycles. The van der Waals surface area contributed by atoms with Crippen LogP contribution in [0.15, 0.2) is 71.8 Å². The average molecular weight is 531 g/mol. The van der Waals surface area contributed by atoms with E-state index in [1.807, 2.05) is 107 Å². The van der Waals surface area contributed by atoms with E-state index in [-0.39, 0.29) is 29.7 Å². The Morgan fingerprint density at radius 1 is 0.821 bits per heavy atom. The molecular formula is C33H42N2O4. The van der Waals surface area contributed by atoms with Crippen LogP contribution in [0.4, 0.5) is 4.79 Å². The first kappa shape index (κ1) is 30.0. The summed E-state index contributed by atoms with van der Waals surface area (Å²) in [6.07, 6.45) is 4.32. The van der Waals surface area contributed by atoms with E-state index in [9.17, 15) is 14.4 Å². The number of piperidine rings is 2. The predicted molar refractivity (Wildman–Crippen MR) is 157 cm³/mol. The third kappa shape index (κ3) is 9.03. The number of nitrogens with zero attached hydrogens (tertiary/aromatic N) is 1. The Bertz CT molecular complexity index is 1240. The molecule has 6 heteroatoms. The lowest BCUT2D eigenvalue weighted by atomic mass is 9.86. The Balaban J connectivity index is 0.000000230. The largest absolute Gasteiger partial charge is 0.444 e. The lowest BCUT2D eigenvalue weighted by Crippen LogP contribution is -2.55. The smallest absolute Gasteiger partial charge is 0.411 e. The van der Waals surface area contributed by atoms with Crippen molar-refractivity contribution in [3.8, 4) is 0 Å². The fourth-order valence-electron chi connectivity index (χ4n) is 4.47. The number of likely N-dealkylation sites (tertiary alicyclic amines) is 1. The highest BCUT2D eigenvalue weighted by Gasteiger charge is 2.41. The van der Waals surface area contributed by atoms with Crippen molar-refractivity contribution in [2.24, 2.45) is 0 Å². The number of carbonyl (C=O) groups is 3. The summed E-state index contributed by atoms with van der Waals surface area (Å²) in [5.41, 5.74) is 2.40. The number of ether oxygens (including phenoxy) is 1. The van der Waals surface area contributed by atoms with Crippen LogP contribution >= 0.6 is 0 Å². The molecule has 1 N–H and O–H groups in total. The number of hydrogen-bond acceptors (Lipinski definition) is 5. The number of rotatable bonds is 2. The highest BCUT2D eigenvalue weighted by Crippen LogP contribution is 2.30. The molecule has 0 radical (unpaired) electrons. The van der Waals surface area contributed by atoms with Gasteiger partial charge < -0.3 is 10.1 Å². The standard InChI is InChI=1S/C19H25NO3.C14H17NO/c1-18(2,3)23-17(22)20-13-15(16(21)12-19(20,4)5)11-14-9-7-6-8-10-14;1-14(2)9-13(16)12(10-15-14)8-11-6-4-3-5-7-11/h6-11H,12-13H2,1-5H3;3-8,15H,9-10H2,1-2H3/b15-11+;12-8+. The van der Waals surface area contributed by atoms with Gasteiger partial charge in [-0.3, -0.25) is 14.5 Å². The minimum absolute atomic E-state index is 0.0644. The van der Waals surface area contributed by atoms with Crippen molar-refractivity contribution in [2.45, 2.75) is 78.0 Å². The second-order valence-corrected chi connectivity index (χ2v) is 12.5. The van der Waals surface area contributed by atoms with Crippen LogP contribution in [0.1, 0.15) is 72.4 Å². The quantitative estimate of drug-likeness (QED) is 0.451. The van der Waals surface area contributed by atoms with Gasteiger partial charge in [-0.05, 0) is 71.7 Å². The van der Waals surface area contributed by atoms with Gasteiger partial charge in [0.15, 0.2) is 11.6 Å². The van der Waals surface area contributed by atoms with Crippen LogP contribution in [-0.4, -0.2) is 52.3 Å². The van der Waals surface area contributed by atoms with Crippen molar-refractivity contribution in [1.82, 2.24) is 10.2 Å². The molecule has 0 spiro atoms. The number of carbonyl (C=O) groups excluding carboxylic acids is 3. The van der Waals surface area contributed by atoms with E-state index in [0.29, 0.717) is 25.0 Å². The van der Waals surface area contributed by atoms with E-state index >= 15 is 0 Å². The van der Waals surface area contributed by atoms with Gasteiger partial charge in [0.25, 0.3) is 0 Å². The molecule has 2 aromatic carbocycles. The van der Waals surface area contributed by atoms with Gasteiger partial charge in [-0.15, -0.1) is 0 Å². The normalized spacial score (nSPS) is 20.8. The molecule has 1 amide bonds. The first-order valence-electron chi connectivity index (χ1n) is 13.5. The topological polar surface area (TPSA) is 75.7 Å². The molecule has 2 aliphatic rings. The molecule has 0 aliphatic carbocycles. The molecule has 208 valence electrons. The molecule has 0 unspecified atom stereocenters. The molecule has 0 atom stereocenters. The van der Waals surface area contributed by atoms with E-state index in [2.05, 4.69) is 19.2 Å². The lowest BCUT2D eigenvalue weighted by Gasteiger charge is -2.42. The van der Waals surface area contributed by atoms with Crippen molar-refractivity contribution in [3.05, 3.63) is 82.9 Å². The molecule has 2 aliphatic heterocycles. The molecule has 6 nitrogen and oxygen atoms in total. The van der Waals surface area contributed by atoms with Crippen molar-refractivity contribution in [3.63, 3.8) is 0 Å². The fraction of sp³-hybridized carbons (Fsp3) is 0.424. The zero-order chi connectivity index (χ0) is 28.8. The monoisotopic (exact) mass is 530 g/mol. The van der Waals surface area contributed by atoms with Crippen LogP contribution in [0.5, 0.6) is 0 Å². The zero-order valence-corrected chi connectivity index (χ0v) is 24.3. The first-order chi connectivity index (χ1) is 18.2. The molecule has 4 rings (SSSR count). The third-order valence-corrected chi connectivity index (χ3v) is 6.62. The number of amides is 1. The minimum atomic E-state index is -0.558. The molecule has 2 fully saturated rings. The van der Waals surface area contributed by atoms with E-state index in [0.717, 1.165) is 16.7 Å². The van der Waals surface area contributed by atoms with E-state index in [4.69, 9.17) is 4.74 Å². The zero-order valence-electron chi connectivity index (χ0n) is 24.3. The van der Waals surface area contributed by atoms with Gasteiger partial charge in [0.05, 0.1) is 6.54 Å². The second kappa shape index (κ2) is 12.1. The van der Waals surface area contributed by atoms with Crippen LogP contribution < -0.4 is 5.32 Å². The Kier molecular flexibility index (Phi) is 9.34. The summed E-state index contributed by atoms with van der Waals surface area (Å²) in [7, 11) is 0. The number of benzene rings is 2. The van der Waals surface area contributed by atoms with Crippen molar-refractivity contribution in [2.75, 3.05) is 13.1 Å². The molecule has 2 aromatic rings. The summed E-state index contributed by atoms with van der Waals surface area (Å²) in [6, 6.07) is 19.6. The maximum absolute atomic E-state index is 12.5. The van der Waals surface area contributed by atoms with Gasteiger partial charge in [-0.25, -0.2) is 4.79 Å². The third-order valence-electron chi connectivity index (χ3n) is 6.62. The molecule has 0 saturated carbocycles. The highest BCUT2D eigenvalue weighted by molar-refractivity contribution is 6.02. The average Bonchev–Trinajstić information content (AvgIpc) is 2.82. The van der Waals surface area contributed by atoms with Crippen LogP contribution in [0.2, 0.25) is 0 Å². The van der Waals surface area contributed by atoms with Gasteiger partial charge in [0, 0.05) is 41.6 Å². The van der Waals surface area contributed by atoms with Crippen LogP contribution in [0, 0.1) is 0 Å². The number of ketones is 2. The second-order valence-electron chi connectivity index (χ2n) is 12.5. The SMILES string of the molecule is CC(C)(C)OC(=O)N1C/C(=C\c2ccccc2)C(=O)CC1(C)C.CC1(C)CC(=O)/C(=C/c2ccccc2)CN1. The Labute approximate surface area is 233 Å².